The van der Waals surface area contributed by atoms with Gasteiger partial charge in [-0.15, -0.1) is 0 Å². The van der Waals surface area contributed by atoms with Crippen LogP contribution in [0.15, 0.2) is 60.2 Å². The predicted octanol–water partition coefficient (Wildman–Crippen LogP) is 3.66. The Morgan fingerprint density at radius 3 is 2.96 bits per heavy atom. The van der Waals surface area contributed by atoms with E-state index in [0.29, 0.717) is 23.0 Å². The van der Waals surface area contributed by atoms with Crippen LogP contribution in [0, 0.1) is 0 Å². The number of halogens is 1. The molecule has 0 aromatic heterocycles. The van der Waals surface area contributed by atoms with Gasteiger partial charge in [-0.05, 0) is 42.0 Å². The van der Waals surface area contributed by atoms with Crippen molar-refractivity contribution in [3.8, 4) is 5.75 Å². The summed E-state index contributed by atoms with van der Waals surface area (Å²) in [6.07, 6.45) is 5.10. The molecule has 0 atom stereocenters. The van der Waals surface area contributed by atoms with E-state index in [1.165, 1.54) is 11.0 Å². The first-order chi connectivity index (χ1) is 12.6. The normalized spacial score (nSPS) is 15.7. The van der Waals surface area contributed by atoms with E-state index in [1.807, 2.05) is 36.4 Å². The van der Waals surface area contributed by atoms with E-state index in [1.54, 1.807) is 18.2 Å². The van der Waals surface area contributed by atoms with Crippen molar-refractivity contribution in [3.63, 3.8) is 0 Å². The molecule has 5 nitrogen and oxygen atoms in total. The molecule has 2 aliphatic heterocycles. The molecule has 2 aromatic rings. The van der Waals surface area contributed by atoms with E-state index in [2.05, 4.69) is 5.32 Å². The van der Waals surface area contributed by atoms with Gasteiger partial charge in [0, 0.05) is 16.7 Å². The molecule has 2 amide bonds. The van der Waals surface area contributed by atoms with E-state index < -0.39 is 0 Å². The summed E-state index contributed by atoms with van der Waals surface area (Å²) in [5.41, 5.74) is 3.04. The lowest BCUT2D eigenvalue weighted by molar-refractivity contribution is -0.119. The molecular formula is C20H15ClN2O3. The van der Waals surface area contributed by atoms with Gasteiger partial charge in [-0.3, -0.25) is 14.5 Å². The highest BCUT2D eigenvalue weighted by atomic mass is 35.5. The number of rotatable bonds is 2. The van der Waals surface area contributed by atoms with Crippen LogP contribution >= 0.6 is 11.6 Å². The molecule has 26 heavy (non-hydrogen) atoms. The van der Waals surface area contributed by atoms with Crippen LogP contribution in [0.25, 0.3) is 6.08 Å². The number of nitrogens with zero attached hydrogens (tertiary/aromatic N) is 1. The summed E-state index contributed by atoms with van der Waals surface area (Å²) in [7, 11) is 0. The van der Waals surface area contributed by atoms with Gasteiger partial charge in [0.2, 0.25) is 5.91 Å². The molecule has 0 unspecified atom stereocenters. The van der Waals surface area contributed by atoms with Gasteiger partial charge in [-0.1, -0.05) is 29.8 Å². The molecule has 1 N–H and O–H groups in total. The fourth-order valence-corrected chi connectivity index (χ4v) is 3.14. The summed E-state index contributed by atoms with van der Waals surface area (Å²) < 4.78 is 5.67. The Bertz CT molecular complexity index is 965. The number of anilines is 2. The predicted molar refractivity (Wildman–Crippen MR) is 101 cm³/mol. The fraction of sp³-hybridized carbons (Fsp3) is 0.100. The Morgan fingerprint density at radius 2 is 2.08 bits per heavy atom. The summed E-state index contributed by atoms with van der Waals surface area (Å²) in [6, 6.07) is 12.6. The highest BCUT2D eigenvalue weighted by Crippen LogP contribution is 2.30. The van der Waals surface area contributed by atoms with Crippen molar-refractivity contribution in [3.05, 3.63) is 70.8 Å². The van der Waals surface area contributed by atoms with E-state index in [-0.39, 0.29) is 18.4 Å². The third-order valence-electron chi connectivity index (χ3n) is 4.18. The molecule has 0 aliphatic carbocycles. The first-order valence-electron chi connectivity index (χ1n) is 8.11. The van der Waals surface area contributed by atoms with Gasteiger partial charge >= 0.3 is 0 Å². The second kappa shape index (κ2) is 6.69. The highest BCUT2D eigenvalue weighted by Gasteiger charge is 2.25. The van der Waals surface area contributed by atoms with Gasteiger partial charge in [0.05, 0.1) is 11.4 Å². The number of nitrogens with one attached hydrogen (secondary N) is 1. The summed E-state index contributed by atoms with van der Waals surface area (Å²) in [5.74, 6) is 0.291. The van der Waals surface area contributed by atoms with E-state index in [0.717, 1.165) is 16.9 Å². The van der Waals surface area contributed by atoms with Crippen molar-refractivity contribution < 1.29 is 14.3 Å². The number of para-hydroxylation sites is 2. The van der Waals surface area contributed by atoms with E-state index >= 15 is 0 Å². The van der Waals surface area contributed by atoms with Crippen LogP contribution in [-0.2, 0) is 9.59 Å². The molecule has 2 aliphatic rings. The Balaban J connectivity index is 1.56. The summed E-state index contributed by atoms with van der Waals surface area (Å²) in [6.45, 7) is 0.365. The Hall–Kier alpha value is -3.05. The third-order valence-corrected chi connectivity index (χ3v) is 4.42. The van der Waals surface area contributed by atoms with Crippen LogP contribution < -0.4 is 15.0 Å². The zero-order valence-electron chi connectivity index (χ0n) is 13.7. The summed E-state index contributed by atoms with van der Waals surface area (Å²) in [5, 5.41) is 3.39. The first-order valence-corrected chi connectivity index (χ1v) is 8.49. The lowest BCUT2D eigenvalue weighted by atomic mass is 10.1. The molecule has 0 fully saturated rings. The fourth-order valence-electron chi connectivity index (χ4n) is 2.96. The Morgan fingerprint density at radius 1 is 1.23 bits per heavy atom. The number of hydrogen-bond acceptors (Lipinski definition) is 3. The molecular weight excluding hydrogens is 352 g/mol. The maximum Gasteiger partial charge on any atom is 0.251 e. The number of hydrogen-bond donors (Lipinski definition) is 1. The summed E-state index contributed by atoms with van der Waals surface area (Å²) in [4.78, 5) is 25.9. The molecule has 0 saturated carbocycles. The molecule has 2 aromatic carbocycles. The molecule has 0 bridgehead atoms. The van der Waals surface area contributed by atoms with Crippen LogP contribution in [0.4, 0.5) is 11.4 Å². The van der Waals surface area contributed by atoms with Crippen LogP contribution in [0.5, 0.6) is 5.75 Å². The zero-order chi connectivity index (χ0) is 18.1. The van der Waals surface area contributed by atoms with Crippen LogP contribution in [0.1, 0.15) is 5.56 Å². The molecule has 0 spiro atoms. The Labute approximate surface area is 155 Å². The maximum absolute atomic E-state index is 12.6. The number of ether oxygens (including phenoxy) is 1. The SMILES string of the molecule is O=C1CN(C(=O)/C=C/C2=Cc3cc(Cl)ccc3OC2)c2ccccc2N1. The zero-order valence-corrected chi connectivity index (χ0v) is 14.5. The molecule has 6 heteroatoms. The van der Waals surface area contributed by atoms with Gasteiger partial charge in [0.15, 0.2) is 0 Å². The quantitative estimate of drug-likeness (QED) is 0.825. The number of carbonyl (C=O) groups excluding carboxylic acids is 2. The van der Waals surface area contributed by atoms with Gasteiger partial charge < -0.3 is 10.1 Å². The number of benzene rings is 2. The van der Waals surface area contributed by atoms with Crippen molar-refractivity contribution >= 4 is 40.9 Å². The maximum atomic E-state index is 12.6. The van der Waals surface area contributed by atoms with Gasteiger partial charge in [-0.25, -0.2) is 0 Å². The minimum Gasteiger partial charge on any atom is -0.488 e. The molecule has 0 saturated heterocycles. The summed E-state index contributed by atoms with van der Waals surface area (Å²) >= 11 is 6.01. The van der Waals surface area contributed by atoms with E-state index in [4.69, 9.17) is 16.3 Å². The minimum absolute atomic E-state index is 0.00578. The largest absolute Gasteiger partial charge is 0.488 e. The van der Waals surface area contributed by atoms with Gasteiger partial charge in [0.1, 0.15) is 18.9 Å². The lowest BCUT2D eigenvalue weighted by Gasteiger charge is -2.28. The third kappa shape index (κ3) is 3.21. The van der Waals surface area contributed by atoms with Crippen molar-refractivity contribution in [2.75, 3.05) is 23.4 Å². The standard InChI is InChI=1S/C20H15ClN2O3/c21-15-6-7-18-14(10-15)9-13(12-26-18)5-8-20(25)23-11-19(24)22-16-3-1-2-4-17(16)23/h1-10H,11-12H2,(H,22,24)/b8-5+. The van der Waals surface area contributed by atoms with Crippen molar-refractivity contribution in [2.45, 2.75) is 0 Å². The second-order valence-electron chi connectivity index (χ2n) is 6.01. The van der Waals surface area contributed by atoms with Crippen LogP contribution in [0.2, 0.25) is 5.02 Å². The van der Waals surface area contributed by atoms with E-state index in [9.17, 15) is 9.59 Å². The molecule has 0 radical (unpaired) electrons. The first kappa shape index (κ1) is 16.4. The molecule has 2 heterocycles. The van der Waals surface area contributed by atoms with Crippen molar-refractivity contribution in [2.24, 2.45) is 0 Å². The number of fused-ring (bicyclic) bond motifs is 2. The lowest BCUT2D eigenvalue weighted by Crippen LogP contribution is -2.41. The Kier molecular flexibility index (Phi) is 4.22. The van der Waals surface area contributed by atoms with Gasteiger partial charge in [-0.2, -0.15) is 0 Å². The average molecular weight is 367 g/mol. The van der Waals surface area contributed by atoms with Crippen LogP contribution in [-0.4, -0.2) is 25.0 Å². The monoisotopic (exact) mass is 366 g/mol. The second-order valence-corrected chi connectivity index (χ2v) is 6.45. The topological polar surface area (TPSA) is 58.6 Å². The number of carbonyl (C=O) groups is 2. The van der Waals surface area contributed by atoms with Crippen LogP contribution in [0.3, 0.4) is 0 Å². The smallest absolute Gasteiger partial charge is 0.251 e. The molecule has 4 rings (SSSR count). The number of amides is 2. The van der Waals surface area contributed by atoms with Crippen molar-refractivity contribution in [1.82, 2.24) is 0 Å². The molecule has 130 valence electrons. The average Bonchev–Trinajstić information content (AvgIpc) is 2.65. The van der Waals surface area contributed by atoms with Gasteiger partial charge in [0.25, 0.3) is 5.91 Å². The minimum atomic E-state index is -0.259. The highest BCUT2D eigenvalue weighted by molar-refractivity contribution is 6.30. The van der Waals surface area contributed by atoms with Crippen molar-refractivity contribution in [1.29, 1.82) is 0 Å².